The van der Waals surface area contributed by atoms with Crippen LogP contribution in [-0.4, -0.2) is 49.5 Å². The molecule has 0 saturated heterocycles. The minimum Gasteiger partial charge on any atom is -0.495 e. The number of nitrogens with zero attached hydrogens (tertiary/aromatic N) is 1. The zero-order valence-corrected chi connectivity index (χ0v) is 14.9. The number of anilines is 1. The lowest BCUT2D eigenvalue weighted by Gasteiger charge is -2.24. The molecule has 2 amide bonds. The van der Waals surface area contributed by atoms with Gasteiger partial charge in [-0.3, -0.25) is 14.5 Å². The Labute approximate surface area is 142 Å². The van der Waals surface area contributed by atoms with Crippen LogP contribution in [0.25, 0.3) is 0 Å². The molecule has 7 heteroatoms. The molecule has 2 N–H and O–H groups in total. The average Bonchev–Trinajstić information content (AvgIpc) is 2.45. The van der Waals surface area contributed by atoms with Crippen molar-refractivity contribution in [3.63, 3.8) is 0 Å². The number of likely N-dealkylation sites (N-methyl/N-ethyl adjacent to an activating group) is 1. The molecular weight excluding hydrogens is 318 g/mol. The Balaban J connectivity index is 2.70. The van der Waals surface area contributed by atoms with Crippen LogP contribution in [-0.2, 0) is 9.59 Å². The molecule has 1 aromatic carbocycles. The molecule has 0 unspecified atom stereocenters. The van der Waals surface area contributed by atoms with Gasteiger partial charge in [-0.2, -0.15) is 0 Å². The molecule has 0 heterocycles. The summed E-state index contributed by atoms with van der Waals surface area (Å²) in [5.41, 5.74) is 0.497. The molecule has 1 aromatic rings. The third kappa shape index (κ3) is 6.08. The standard InChI is InChI=1S/C16H24ClN3O3/c1-10(2)18-15(21)9-20(4)11(3)16(22)19-13-8-12(17)6-7-14(13)23-5/h6-8,10-11H,9H2,1-5H3,(H,18,21)(H,19,22)/t11-/m1/s1. The fourth-order valence-electron chi connectivity index (χ4n) is 1.95. The van der Waals surface area contributed by atoms with E-state index in [2.05, 4.69) is 10.6 Å². The van der Waals surface area contributed by atoms with Gasteiger partial charge in [0.1, 0.15) is 5.75 Å². The van der Waals surface area contributed by atoms with E-state index >= 15 is 0 Å². The van der Waals surface area contributed by atoms with Gasteiger partial charge in [-0.25, -0.2) is 0 Å². The minimum absolute atomic E-state index is 0.0655. The first-order valence-corrected chi connectivity index (χ1v) is 7.76. The van der Waals surface area contributed by atoms with Gasteiger partial charge in [0.15, 0.2) is 0 Å². The zero-order valence-electron chi connectivity index (χ0n) is 14.1. The van der Waals surface area contributed by atoms with Gasteiger partial charge >= 0.3 is 0 Å². The number of hydrogen-bond acceptors (Lipinski definition) is 4. The number of carbonyl (C=O) groups is 2. The molecule has 0 saturated carbocycles. The van der Waals surface area contributed by atoms with E-state index in [0.29, 0.717) is 16.5 Å². The summed E-state index contributed by atoms with van der Waals surface area (Å²) in [5.74, 6) is 0.156. The maximum Gasteiger partial charge on any atom is 0.241 e. The van der Waals surface area contributed by atoms with Crippen LogP contribution in [0.5, 0.6) is 5.75 Å². The molecule has 0 aliphatic carbocycles. The third-order valence-electron chi connectivity index (χ3n) is 3.30. The van der Waals surface area contributed by atoms with Crippen LogP contribution in [0.2, 0.25) is 5.02 Å². The second kappa shape index (κ2) is 8.74. The number of carbonyl (C=O) groups excluding carboxylic acids is 2. The average molecular weight is 342 g/mol. The van der Waals surface area contributed by atoms with Crippen LogP contribution in [0.4, 0.5) is 5.69 Å². The first kappa shape index (κ1) is 19.3. The number of halogens is 1. The second-order valence-electron chi connectivity index (χ2n) is 5.65. The van der Waals surface area contributed by atoms with Gasteiger partial charge in [0.25, 0.3) is 0 Å². The maximum absolute atomic E-state index is 12.4. The highest BCUT2D eigenvalue weighted by Crippen LogP contribution is 2.27. The minimum atomic E-state index is -0.489. The van der Waals surface area contributed by atoms with Gasteiger partial charge < -0.3 is 15.4 Å². The van der Waals surface area contributed by atoms with Crippen LogP contribution < -0.4 is 15.4 Å². The Kier molecular flexibility index (Phi) is 7.32. The van der Waals surface area contributed by atoms with Gasteiger partial charge in [0, 0.05) is 11.1 Å². The highest BCUT2D eigenvalue weighted by molar-refractivity contribution is 6.31. The molecule has 0 aliphatic heterocycles. The van der Waals surface area contributed by atoms with E-state index in [1.54, 1.807) is 37.1 Å². The molecule has 0 radical (unpaired) electrons. The van der Waals surface area contributed by atoms with E-state index < -0.39 is 6.04 Å². The van der Waals surface area contributed by atoms with E-state index in [-0.39, 0.29) is 24.4 Å². The summed E-state index contributed by atoms with van der Waals surface area (Å²) in [4.78, 5) is 25.8. The predicted molar refractivity (Wildman–Crippen MR) is 92.0 cm³/mol. The van der Waals surface area contributed by atoms with Gasteiger partial charge in [-0.05, 0) is 46.0 Å². The monoisotopic (exact) mass is 341 g/mol. The number of methoxy groups -OCH3 is 1. The molecule has 1 rings (SSSR count). The lowest BCUT2D eigenvalue weighted by Crippen LogP contribution is -2.46. The number of ether oxygens (including phenoxy) is 1. The van der Waals surface area contributed by atoms with Crippen molar-refractivity contribution in [2.45, 2.75) is 32.9 Å². The summed E-state index contributed by atoms with van der Waals surface area (Å²) < 4.78 is 5.20. The molecule has 0 spiro atoms. The molecule has 128 valence electrons. The van der Waals surface area contributed by atoms with E-state index in [1.165, 1.54) is 7.11 Å². The first-order valence-electron chi connectivity index (χ1n) is 7.38. The summed E-state index contributed by atoms with van der Waals surface area (Å²) in [6.45, 7) is 5.65. The van der Waals surface area contributed by atoms with Crippen molar-refractivity contribution in [3.05, 3.63) is 23.2 Å². The number of rotatable bonds is 7. The van der Waals surface area contributed by atoms with Crippen molar-refractivity contribution in [2.75, 3.05) is 26.0 Å². The van der Waals surface area contributed by atoms with Crippen LogP contribution in [0.1, 0.15) is 20.8 Å². The maximum atomic E-state index is 12.4. The number of hydrogen-bond donors (Lipinski definition) is 2. The molecule has 6 nitrogen and oxygen atoms in total. The number of benzene rings is 1. The molecular formula is C16H24ClN3O3. The highest BCUT2D eigenvalue weighted by atomic mass is 35.5. The van der Waals surface area contributed by atoms with Gasteiger partial charge in [-0.1, -0.05) is 11.6 Å². The first-order chi connectivity index (χ1) is 10.7. The molecule has 0 fully saturated rings. The van der Waals surface area contributed by atoms with E-state index in [4.69, 9.17) is 16.3 Å². The van der Waals surface area contributed by atoms with E-state index in [1.807, 2.05) is 13.8 Å². The Bertz CT molecular complexity index is 564. The molecule has 0 aliphatic rings. The summed E-state index contributed by atoms with van der Waals surface area (Å²) >= 11 is 5.95. The van der Waals surface area contributed by atoms with Crippen LogP contribution >= 0.6 is 11.6 Å². The lowest BCUT2D eigenvalue weighted by molar-refractivity contribution is -0.125. The molecule has 0 bridgehead atoms. The molecule has 1 atom stereocenters. The van der Waals surface area contributed by atoms with Crippen molar-refractivity contribution < 1.29 is 14.3 Å². The van der Waals surface area contributed by atoms with Crippen molar-refractivity contribution in [2.24, 2.45) is 0 Å². The number of nitrogens with one attached hydrogen (secondary N) is 2. The lowest BCUT2D eigenvalue weighted by atomic mass is 10.2. The van der Waals surface area contributed by atoms with E-state index in [9.17, 15) is 9.59 Å². The van der Waals surface area contributed by atoms with Crippen molar-refractivity contribution >= 4 is 29.1 Å². The topological polar surface area (TPSA) is 70.7 Å². The smallest absolute Gasteiger partial charge is 0.241 e. The molecule has 0 aromatic heterocycles. The Morgan fingerprint density at radius 3 is 2.52 bits per heavy atom. The Morgan fingerprint density at radius 2 is 1.96 bits per heavy atom. The SMILES string of the molecule is COc1ccc(Cl)cc1NC(=O)[C@@H](C)N(C)CC(=O)NC(C)C. The summed E-state index contributed by atoms with van der Waals surface area (Å²) in [7, 11) is 3.24. The Morgan fingerprint density at radius 1 is 1.30 bits per heavy atom. The fourth-order valence-corrected chi connectivity index (χ4v) is 2.12. The van der Waals surface area contributed by atoms with Gasteiger partial charge in [0.05, 0.1) is 25.4 Å². The van der Waals surface area contributed by atoms with Crippen molar-refractivity contribution in [1.82, 2.24) is 10.2 Å². The predicted octanol–water partition coefficient (Wildman–Crippen LogP) is 2.13. The van der Waals surface area contributed by atoms with Gasteiger partial charge in [0.2, 0.25) is 11.8 Å². The van der Waals surface area contributed by atoms with Crippen LogP contribution in [0, 0.1) is 0 Å². The van der Waals surface area contributed by atoms with Crippen LogP contribution in [0.3, 0.4) is 0 Å². The second-order valence-corrected chi connectivity index (χ2v) is 6.08. The summed E-state index contributed by atoms with van der Waals surface area (Å²) in [6.07, 6.45) is 0. The number of amides is 2. The van der Waals surface area contributed by atoms with Crippen LogP contribution in [0.15, 0.2) is 18.2 Å². The van der Waals surface area contributed by atoms with Crippen molar-refractivity contribution in [3.8, 4) is 5.75 Å². The summed E-state index contributed by atoms with van der Waals surface area (Å²) in [6, 6.07) is 4.56. The zero-order chi connectivity index (χ0) is 17.6. The van der Waals surface area contributed by atoms with Gasteiger partial charge in [-0.15, -0.1) is 0 Å². The fraction of sp³-hybridized carbons (Fsp3) is 0.500. The largest absolute Gasteiger partial charge is 0.495 e. The quantitative estimate of drug-likeness (QED) is 0.797. The Hall–Kier alpha value is -1.79. The summed E-state index contributed by atoms with van der Waals surface area (Å²) in [5, 5.41) is 6.07. The van der Waals surface area contributed by atoms with Crippen molar-refractivity contribution in [1.29, 1.82) is 0 Å². The van der Waals surface area contributed by atoms with E-state index in [0.717, 1.165) is 0 Å². The third-order valence-corrected chi connectivity index (χ3v) is 3.54. The highest BCUT2D eigenvalue weighted by Gasteiger charge is 2.21. The molecule has 23 heavy (non-hydrogen) atoms. The normalized spacial score (nSPS) is 12.2.